The zero-order chi connectivity index (χ0) is 27.8. The van der Waals surface area contributed by atoms with E-state index in [9.17, 15) is 14.2 Å². The molecule has 0 aromatic carbocycles. The van der Waals surface area contributed by atoms with Crippen LogP contribution in [-0.2, 0) is 27.7 Å². The molecule has 8 heteroatoms. The molecular formula is C29H59NO6P+. The topological polar surface area (TPSA) is 78.9 Å². The van der Waals surface area contributed by atoms with Gasteiger partial charge in [0.15, 0.2) is 0 Å². The van der Waals surface area contributed by atoms with Gasteiger partial charge in [-0.05, 0) is 12.8 Å². The fraction of sp³-hybridized carbons (Fsp3) is 0.931. The van der Waals surface area contributed by atoms with Crippen molar-refractivity contribution in [2.75, 3.05) is 34.3 Å². The van der Waals surface area contributed by atoms with Crippen molar-refractivity contribution in [3.05, 3.63) is 0 Å². The maximum absolute atomic E-state index is 13.1. The van der Waals surface area contributed by atoms with E-state index in [0.29, 0.717) is 23.9 Å². The molecule has 0 spiro atoms. The van der Waals surface area contributed by atoms with Crippen LogP contribution in [0.4, 0.5) is 0 Å². The predicted molar refractivity (Wildman–Crippen MR) is 152 cm³/mol. The van der Waals surface area contributed by atoms with Gasteiger partial charge in [0.25, 0.3) is 0 Å². The predicted octanol–water partition coefficient (Wildman–Crippen LogP) is 8.75. The zero-order valence-corrected chi connectivity index (χ0v) is 25.8. The van der Waals surface area contributed by atoms with E-state index >= 15 is 0 Å². The fourth-order valence-corrected chi connectivity index (χ4v) is 5.13. The number of unbranched alkanes of at least 4 members (excludes halogenated alkanes) is 16. The number of quaternary nitrogens is 1. The molecule has 0 aromatic rings. The molecule has 0 unspecified atom stereocenters. The number of rotatable bonds is 26. The highest BCUT2D eigenvalue weighted by atomic mass is 31.2. The Morgan fingerprint density at radius 1 is 0.568 bits per heavy atom. The molecule has 0 fully saturated rings. The molecular weight excluding hydrogens is 489 g/mol. The van der Waals surface area contributed by atoms with Crippen LogP contribution in [-0.4, -0.2) is 50.7 Å². The molecule has 0 rings (SSSR count). The standard InChI is InChI=1S/C29H59NO6P/c1-6-8-10-12-14-16-18-20-22-24-28(31)35-37(33,34-27-26-30(3,4)5)36-29(32)25-23-21-19-17-15-13-11-9-7-2/h6-27H2,1-5H3/q+1. The van der Waals surface area contributed by atoms with E-state index < -0.39 is 19.8 Å². The summed E-state index contributed by atoms with van der Waals surface area (Å²) in [5.74, 6) is -1.26. The maximum atomic E-state index is 13.1. The van der Waals surface area contributed by atoms with Crippen molar-refractivity contribution < 1.29 is 32.2 Å². The summed E-state index contributed by atoms with van der Waals surface area (Å²) in [4.78, 5) is 24.7. The lowest BCUT2D eigenvalue weighted by molar-refractivity contribution is -0.870. The minimum absolute atomic E-state index is 0.0669. The molecule has 37 heavy (non-hydrogen) atoms. The Hall–Kier alpha value is -0.910. The maximum Gasteiger partial charge on any atom is 0.592 e. The van der Waals surface area contributed by atoms with Gasteiger partial charge in [-0.25, -0.2) is 4.57 Å². The molecule has 0 bridgehead atoms. The number of carbonyl (C=O) groups is 2. The van der Waals surface area contributed by atoms with E-state index in [1.807, 2.05) is 21.1 Å². The van der Waals surface area contributed by atoms with Crippen LogP contribution in [0.5, 0.6) is 0 Å². The minimum Gasteiger partial charge on any atom is -0.361 e. The largest absolute Gasteiger partial charge is 0.592 e. The van der Waals surface area contributed by atoms with Gasteiger partial charge >= 0.3 is 19.8 Å². The van der Waals surface area contributed by atoms with Crippen LogP contribution in [0.25, 0.3) is 0 Å². The molecule has 7 nitrogen and oxygen atoms in total. The highest BCUT2D eigenvalue weighted by Crippen LogP contribution is 2.50. The summed E-state index contributed by atoms with van der Waals surface area (Å²) in [5, 5.41) is 0. The van der Waals surface area contributed by atoms with Crippen LogP contribution in [0.3, 0.4) is 0 Å². The van der Waals surface area contributed by atoms with Gasteiger partial charge in [0.05, 0.1) is 21.1 Å². The number of phosphoric acid groups is 1. The van der Waals surface area contributed by atoms with Crippen LogP contribution >= 0.6 is 7.82 Å². The van der Waals surface area contributed by atoms with Gasteiger partial charge in [0.2, 0.25) is 0 Å². The summed E-state index contributed by atoms with van der Waals surface area (Å²) >= 11 is 0. The second-order valence-electron chi connectivity index (χ2n) is 11.4. The number of hydrogen-bond acceptors (Lipinski definition) is 6. The molecule has 0 aromatic heterocycles. The van der Waals surface area contributed by atoms with Crippen LogP contribution < -0.4 is 0 Å². The first-order valence-electron chi connectivity index (χ1n) is 15.1. The zero-order valence-electron chi connectivity index (χ0n) is 24.9. The van der Waals surface area contributed by atoms with Crippen LogP contribution in [0.1, 0.15) is 142 Å². The lowest BCUT2D eigenvalue weighted by Crippen LogP contribution is -2.37. The molecule has 0 heterocycles. The lowest BCUT2D eigenvalue weighted by Gasteiger charge is -2.24. The Bertz CT molecular complexity index is 580. The third-order valence-electron chi connectivity index (χ3n) is 6.41. The lowest BCUT2D eigenvalue weighted by atomic mass is 10.1. The Balaban J connectivity index is 4.38. The molecule has 0 amide bonds. The summed E-state index contributed by atoms with van der Waals surface area (Å²) in [5.41, 5.74) is 0. The van der Waals surface area contributed by atoms with Crippen molar-refractivity contribution in [3.63, 3.8) is 0 Å². The Morgan fingerprint density at radius 2 is 0.892 bits per heavy atom. The van der Waals surface area contributed by atoms with Crippen molar-refractivity contribution in [1.82, 2.24) is 0 Å². The highest BCUT2D eigenvalue weighted by Gasteiger charge is 2.35. The third-order valence-corrected chi connectivity index (χ3v) is 7.76. The van der Waals surface area contributed by atoms with Crippen molar-refractivity contribution in [1.29, 1.82) is 0 Å². The monoisotopic (exact) mass is 548 g/mol. The first-order chi connectivity index (χ1) is 17.6. The van der Waals surface area contributed by atoms with Crippen molar-refractivity contribution in [2.45, 2.75) is 142 Å². The van der Waals surface area contributed by atoms with E-state index in [-0.39, 0.29) is 19.4 Å². The first kappa shape index (κ1) is 36.1. The van der Waals surface area contributed by atoms with E-state index in [4.69, 9.17) is 13.6 Å². The Kier molecular flexibility index (Phi) is 22.5. The van der Waals surface area contributed by atoms with Crippen molar-refractivity contribution in [3.8, 4) is 0 Å². The van der Waals surface area contributed by atoms with E-state index in [1.165, 1.54) is 77.0 Å². The summed E-state index contributed by atoms with van der Waals surface area (Å²) in [6.07, 6.45) is 20.7. The van der Waals surface area contributed by atoms with Crippen LogP contribution in [0.2, 0.25) is 0 Å². The van der Waals surface area contributed by atoms with Crippen LogP contribution in [0.15, 0.2) is 0 Å². The highest BCUT2D eigenvalue weighted by molar-refractivity contribution is 7.49. The van der Waals surface area contributed by atoms with Gasteiger partial charge in [-0.1, -0.05) is 117 Å². The van der Waals surface area contributed by atoms with Gasteiger partial charge in [-0.3, -0.25) is 14.1 Å². The van der Waals surface area contributed by atoms with Crippen molar-refractivity contribution in [2.24, 2.45) is 0 Å². The summed E-state index contributed by atoms with van der Waals surface area (Å²) < 4.78 is 29.4. The molecule has 0 atom stereocenters. The molecule has 0 aliphatic rings. The van der Waals surface area contributed by atoms with Gasteiger partial charge in [0.1, 0.15) is 13.2 Å². The van der Waals surface area contributed by atoms with Crippen molar-refractivity contribution >= 4 is 19.8 Å². The first-order valence-corrected chi connectivity index (χ1v) is 16.6. The molecule has 0 aliphatic heterocycles. The summed E-state index contributed by atoms with van der Waals surface area (Å²) in [7, 11) is 1.64. The SMILES string of the molecule is CCCCCCCCCCCC(=O)OP(=O)(OCC[N+](C)(C)C)OC(=O)CCCCCCCCCCC. The average Bonchev–Trinajstić information content (AvgIpc) is 2.81. The van der Waals surface area contributed by atoms with E-state index in [1.54, 1.807) is 0 Å². The summed E-state index contributed by atoms with van der Waals surface area (Å²) in [6, 6.07) is 0. The molecule has 0 N–H and O–H groups in total. The van der Waals surface area contributed by atoms with Gasteiger partial charge in [-0.15, -0.1) is 0 Å². The number of carbonyl (C=O) groups excluding carboxylic acids is 2. The summed E-state index contributed by atoms with van der Waals surface area (Å²) in [6.45, 7) is 5.03. The molecule has 220 valence electrons. The average molecular weight is 549 g/mol. The number of likely N-dealkylation sites (N-methyl/N-ethyl adjacent to an activating group) is 1. The van der Waals surface area contributed by atoms with Gasteiger partial charge in [-0.2, -0.15) is 0 Å². The smallest absolute Gasteiger partial charge is 0.361 e. The molecule has 0 saturated heterocycles. The van der Waals surface area contributed by atoms with E-state index in [0.717, 1.165) is 25.7 Å². The number of hydrogen-bond donors (Lipinski definition) is 0. The Labute approximate surface area is 228 Å². The Morgan fingerprint density at radius 3 is 1.22 bits per heavy atom. The molecule has 0 radical (unpaired) electrons. The molecule has 0 aliphatic carbocycles. The van der Waals surface area contributed by atoms with Crippen LogP contribution in [0, 0.1) is 0 Å². The quantitative estimate of drug-likeness (QED) is 0.0611. The van der Waals surface area contributed by atoms with Gasteiger partial charge in [0, 0.05) is 12.8 Å². The second-order valence-corrected chi connectivity index (χ2v) is 12.9. The normalized spacial score (nSPS) is 12.0. The van der Waals surface area contributed by atoms with E-state index in [2.05, 4.69) is 13.8 Å². The minimum atomic E-state index is -4.28. The number of phosphoric ester groups is 1. The number of nitrogens with zero attached hydrogens (tertiary/aromatic N) is 1. The van der Waals surface area contributed by atoms with Gasteiger partial charge < -0.3 is 13.5 Å². The third kappa shape index (κ3) is 25.1. The molecule has 0 saturated carbocycles. The second kappa shape index (κ2) is 23.0. The fourth-order valence-electron chi connectivity index (χ4n) is 4.00.